The Morgan fingerprint density at radius 3 is 2.54 bits per heavy atom. The number of nitrogens with zero attached hydrogens (tertiary/aromatic N) is 4. The number of benzene rings is 1. The second kappa shape index (κ2) is 8.46. The molecule has 0 fully saturated rings. The van der Waals surface area contributed by atoms with Crippen LogP contribution in [0.3, 0.4) is 0 Å². The number of nitrogens with one attached hydrogen (secondary N) is 1. The first-order valence-corrected chi connectivity index (χ1v) is 8.03. The van der Waals surface area contributed by atoms with Crippen LogP contribution in [-0.4, -0.2) is 32.6 Å². The normalized spacial score (nSPS) is 12.0. The lowest BCUT2D eigenvalue weighted by molar-refractivity contribution is -0.119. The van der Waals surface area contributed by atoms with Crippen molar-refractivity contribution in [3.63, 3.8) is 0 Å². The summed E-state index contributed by atoms with van der Waals surface area (Å²) in [6.07, 6.45) is -1.30. The van der Waals surface area contributed by atoms with Crippen LogP contribution in [0.1, 0.15) is 30.9 Å². The topological polar surface area (TPSA) is 103 Å². The highest BCUT2D eigenvalue weighted by atomic mass is 19.3. The minimum Gasteiger partial charge on any atom is -0.453 e. The van der Waals surface area contributed by atoms with Crippen LogP contribution >= 0.6 is 0 Å². The second-order valence-corrected chi connectivity index (χ2v) is 5.57. The van der Waals surface area contributed by atoms with Crippen molar-refractivity contribution in [2.45, 2.75) is 19.5 Å². The van der Waals surface area contributed by atoms with Gasteiger partial charge in [-0.1, -0.05) is 18.2 Å². The molecule has 28 heavy (non-hydrogen) atoms. The van der Waals surface area contributed by atoms with Crippen molar-refractivity contribution in [3.05, 3.63) is 53.9 Å². The number of ether oxygens (including phenoxy) is 1. The van der Waals surface area contributed by atoms with Gasteiger partial charge in [-0.3, -0.25) is 4.79 Å². The third-order valence-electron chi connectivity index (χ3n) is 3.54. The first kappa shape index (κ1) is 19.3. The van der Waals surface area contributed by atoms with E-state index in [2.05, 4.69) is 25.5 Å². The lowest BCUT2D eigenvalue weighted by Gasteiger charge is -2.19. The van der Waals surface area contributed by atoms with Gasteiger partial charge in [0, 0.05) is 24.9 Å². The van der Waals surface area contributed by atoms with E-state index in [4.69, 9.17) is 9.15 Å². The quantitative estimate of drug-likeness (QED) is 0.658. The van der Waals surface area contributed by atoms with E-state index >= 15 is 0 Å². The van der Waals surface area contributed by atoms with Gasteiger partial charge in [0.2, 0.25) is 5.91 Å². The minimum atomic E-state index is -2.89. The number of amides is 1. The molecule has 0 aliphatic carbocycles. The van der Waals surface area contributed by atoms with Gasteiger partial charge in [-0.25, -0.2) is 14.4 Å². The zero-order chi connectivity index (χ0) is 20.1. The van der Waals surface area contributed by atoms with Gasteiger partial charge in [0.15, 0.2) is 0 Å². The standard InChI is InChI=1S/C17H14F3N5O3/c1-9(26)21-8-13(11-4-2-3-5-12(11)18)27-17-22-6-10(7-23-17)15-24-25-16(28-15)14(19)20/h2-7,13-14H,8H2,1H3,(H,21,26). The van der Waals surface area contributed by atoms with Crippen LogP contribution in [0.15, 0.2) is 41.1 Å². The molecule has 0 saturated carbocycles. The fourth-order valence-electron chi connectivity index (χ4n) is 2.24. The minimum absolute atomic E-state index is 0.0111. The molecule has 2 heterocycles. The van der Waals surface area contributed by atoms with Gasteiger partial charge in [-0.2, -0.15) is 8.78 Å². The van der Waals surface area contributed by atoms with Gasteiger partial charge < -0.3 is 14.5 Å². The monoisotopic (exact) mass is 393 g/mol. The van der Waals surface area contributed by atoms with Crippen LogP contribution in [0.2, 0.25) is 0 Å². The first-order chi connectivity index (χ1) is 13.4. The molecule has 0 saturated heterocycles. The molecular weight excluding hydrogens is 379 g/mol. The summed E-state index contributed by atoms with van der Waals surface area (Å²) in [4.78, 5) is 19.1. The van der Waals surface area contributed by atoms with Gasteiger partial charge in [0.25, 0.3) is 11.8 Å². The average molecular weight is 393 g/mol. The maximum absolute atomic E-state index is 14.1. The predicted molar refractivity (Wildman–Crippen MR) is 88.7 cm³/mol. The molecule has 3 aromatic rings. The largest absolute Gasteiger partial charge is 0.453 e. The van der Waals surface area contributed by atoms with Crippen molar-refractivity contribution in [2.24, 2.45) is 0 Å². The smallest absolute Gasteiger partial charge is 0.317 e. The lowest BCUT2D eigenvalue weighted by atomic mass is 10.1. The number of aromatic nitrogens is 4. The molecule has 0 aliphatic heterocycles. The molecule has 1 aromatic carbocycles. The van der Waals surface area contributed by atoms with Crippen LogP contribution in [0, 0.1) is 5.82 Å². The number of hydrogen-bond acceptors (Lipinski definition) is 7. The molecule has 1 N–H and O–H groups in total. The summed E-state index contributed by atoms with van der Waals surface area (Å²) in [7, 11) is 0. The van der Waals surface area contributed by atoms with Crippen molar-refractivity contribution in [1.82, 2.24) is 25.5 Å². The maximum Gasteiger partial charge on any atom is 0.317 e. The van der Waals surface area contributed by atoms with Crippen molar-refractivity contribution < 1.29 is 27.1 Å². The molecule has 1 atom stereocenters. The van der Waals surface area contributed by atoms with Gasteiger partial charge in [-0.15, -0.1) is 10.2 Å². The van der Waals surface area contributed by atoms with E-state index < -0.39 is 24.2 Å². The summed E-state index contributed by atoms with van der Waals surface area (Å²) in [5.41, 5.74) is 0.415. The Kier molecular flexibility index (Phi) is 5.82. The summed E-state index contributed by atoms with van der Waals surface area (Å²) in [5.74, 6) is -1.82. The Labute approximate surface area is 156 Å². The van der Waals surface area contributed by atoms with Crippen LogP contribution in [-0.2, 0) is 4.79 Å². The molecule has 0 bridgehead atoms. The number of alkyl halides is 2. The molecule has 2 aromatic heterocycles. The van der Waals surface area contributed by atoms with Crippen molar-refractivity contribution in [3.8, 4) is 17.5 Å². The third kappa shape index (κ3) is 4.61. The Morgan fingerprint density at radius 1 is 1.21 bits per heavy atom. The van der Waals surface area contributed by atoms with Crippen molar-refractivity contribution >= 4 is 5.91 Å². The molecule has 1 unspecified atom stereocenters. The first-order valence-electron chi connectivity index (χ1n) is 8.03. The van der Waals surface area contributed by atoms with E-state index in [0.29, 0.717) is 0 Å². The van der Waals surface area contributed by atoms with Gasteiger partial charge >= 0.3 is 12.4 Å². The van der Waals surface area contributed by atoms with Gasteiger partial charge in [-0.05, 0) is 6.07 Å². The highest BCUT2D eigenvalue weighted by Gasteiger charge is 2.20. The van der Waals surface area contributed by atoms with Crippen LogP contribution in [0.4, 0.5) is 13.2 Å². The van der Waals surface area contributed by atoms with Gasteiger partial charge in [0.1, 0.15) is 11.9 Å². The lowest BCUT2D eigenvalue weighted by Crippen LogP contribution is -2.29. The molecular formula is C17H14F3N5O3. The molecule has 8 nitrogen and oxygen atoms in total. The van der Waals surface area contributed by atoms with Gasteiger partial charge in [0.05, 0.1) is 12.1 Å². The van der Waals surface area contributed by atoms with E-state index in [1.54, 1.807) is 6.07 Å². The summed E-state index contributed by atoms with van der Waals surface area (Å²) in [6.45, 7) is 1.31. The Bertz CT molecular complexity index is 949. The Balaban J connectivity index is 1.78. The highest BCUT2D eigenvalue weighted by Crippen LogP contribution is 2.24. The van der Waals surface area contributed by atoms with E-state index in [-0.39, 0.29) is 35.5 Å². The zero-order valence-electron chi connectivity index (χ0n) is 14.5. The second-order valence-electron chi connectivity index (χ2n) is 5.57. The van der Waals surface area contributed by atoms with E-state index in [0.717, 1.165) is 0 Å². The molecule has 0 spiro atoms. The third-order valence-corrected chi connectivity index (χ3v) is 3.54. The Hall–Kier alpha value is -3.50. The number of carbonyl (C=O) groups is 1. The Morgan fingerprint density at radius 2 is 1.93 bits per heavy atom. The summed E-state index contributed by atoms with van der Waals surface area (Å²) in [5, 5.41) is 9.26. The van der Waals surface area contributed by atoms with Crippen LogP contribution in [0.25, 0.3) is 11.5 Å². The maximum atomic E-state index is 14.1. The molecule has 146 valence electrons. The number of carbonyl (C=O) groups excluding carboxylic acids is 1. The van der Waals surface area contributed by atoms with E-state index in [1.807, 2.05) is 0 Å². The SMILES string of the molecule is CC(=O)NCC(Oc1ncc(-c2nnc(C(F)F)o2)cn1)c1ccccc1F. The van der Waals surface area contributed by atoms with E-state index in [9.17, 15) is 18.0 Å². The summed E-state index contributed by atoms with van der Waals surface area (Å²) >= 11 is 0. The fourth-order valence-corrected chi connectivity index (χ4v) is 2.24. The molecule has 11 heteroatoms. The predicted octanol–water partition coefficient (Wildman–Crippen LogP) is 2.86. The van der Waals surface area contributed by atoms with Crippen LogP contribution in [0.5, 0.6) is 6.01 Å². The van der Waals surface area contributed by atoms with Crippen molar-refractivity contribution in [1.29, 1.82) is 0 Å². The number of hydrogen-bond donors (Lipinski definition) is 1. The highest BCUT2D eigenvalue weighted by molar-refractivity contribution is 5.72. The molecule has 0 radical (unpaired) electrons. The molecule has 1 amide bonds. The van der Waals surface area contributed by atoms with Crippen molar-refractivity contribution in [2.75, 3.05) is 6.54 Å². The van der Waals surface area contributed by atoms with E-state index in [1.165, 1.54) is 37.5 Å². The molecule has 3 rings (SSSR count). The fraction of sp³-hybridized carbons (Fsp3) is 0.235. The van der Waals surface area contributed by atoms with Crippen LogP contribution < -0.4 is 10.1 Å². The zero-order valence-corrected chi connectivity index (χ0v) is 14.5. The summed E-state index contributed by atoms with van der Waals surface area (Å²) < 4.78 is 49.5. The summed E-state index contributed by atoms with van der Waals surface area (Å²) in [6, 6.07) is 5.82. The molecule has 0 aliphatic rings. The average Bonchev–Trinajstić information content (AvgIpc) is 3.17. The number of rotatable bonds is 7. The number of halogens is 3.